The fourth-order valence-corrected chi connectivity index (χ4v) is 1.99. The maximum absolute atomic E-state index is 12.1. The first-order valence-corrected chi connectivity index (χ1v) is 7.04. The molecule has 118 valence electrons. The number of nitrogens with one attached hydrogen (secondary N) is 1. The second-order valence-corrected chi connectivity index (χ2v) is 5.22. The Bertz CT molecular complexity index is 599. The van der Waals surface area contributed by atoms with E-state index in [4.69, 9.17) is 16.3 Å². The predicted molar refractivity (Wildman–Crippen MR) is 80.0 cm³/mol. The molecule has 0 spiro atoms. The molecule has 2 aromatic carbocycles. The van der Waals surface area contributed by atoms with Crippen LogP contribution in [0.5, 0.6) is 5.75 Å². The number of halogens is 4. The number of hydrogen-bond acceptors (Lipinski definition) is 2. The third-order valence-corrected chi connectivity index (χ3v) is 3.12. The molecule has 0 saturated carbocycles. The molecule has 2 aromatic rings. The minimum atomic E-state index is -4.33. The van der Waals surface area contributed by atoms with E-state index in [1.165, 1.54) is 6.07 Å². The fourth-order valence-electron chi connectivity index (χ4n) is 1.86. The number of hydrogen-bond donors (Lipinski definition) is 1. The summed E-state index contributed by atoms with van der Waals surface area (Å²) in [7, 11) is 0. The van der Waals surface area contributed by atoms with Crippen LogP contribution in [0.15, 0.2) is 48.5 Å². The van der Waals surface area contributed by atoms with Gasteiger partial charge in [-0.3, -0.25) is 0 Å². The maximum atomic E-state index is 12.1. The molecule has 0 aliphatic carbocycles. The van der Waals surface area contributed by atoms with Gasteiger partial charge in [-0.2, -0.15) is 13.2 Å². The average Bonchev–Trinajstić information content (AvgIpc) is 2.47. The molecule has 2 nitrogen and oxygen atoms in total. The van der Waals surface area contributed by atoms with Gasteiger partial charge >= 0.3 is 6.18 Å². The van der Waals surface area contributed by atoms with E-state index >= 15 is 0 Å². The van der Waals surface area contributed by atoms with Crippen LogP contribution >= 0.6 is 11.6 Å². The Hall–Kier alpha value is -1.72. The van der Waals surface area contributed by atoms with Gasteiger partial charge in [0.25, 0.3) is 0 Å². The molecule has 0 unspecified atom stereocenters. The summed E-state index contributed by atoms with van der Waals surface area (Å²) in [5.41, 5.74) is 1.93. The van der Waals surface area contributed by atoms with Crippen molar-refractivity contribution in [2.24, 2.45) is 0 Å². The standard InChI is InChI=1S/C16H15ClF3NO/c17-14-6-4-12(5-7-14)9-21-10-13-2-1-3-15(8-13)22-11-16(18,19)20/h1-8,21H,9-11H2. The molecular formula is C16H15ClF3NO. The van der Waals surface area contributed by atoms with Crippen LogP contribution in [0.2, 0.25) is 5.02 Å². The van der Waals surface area contributed by atoms with Crippen LogP contribution in [0.25, 0.3) is 0 Å². The molecule has 6 heteroatoms. The normalized spacial score (nSPS) is 11.5. The third kappa shape index (κ3) is 5.95. The van der Waals surface area contributed by atoms with Crippen molar-refractivity contribution in [3.63, 3.8) is 0 Å². The Kier molecular flexibility index (Phi) is 5.69. The zero-order valence-corrected chi connectivity index (χ0v) is 12.4. The van der Waals surface area contributed by atoms with E-state index in [1.807, 2.05) is 30.3 Å². The lowest BCUT2D eigenvalue weighted by Crippen LogP contribution is -2.19. The third-order valence-electron chi connectivity index (χ3n) is 2.87. The molecule has 0 heterocycles. The number of alkyl halides is 3. The maximum Gasteiger partial charge on any atom is 0.422 e. The highest BCUT2D eigenvalue weighted by Gasteiger charge is 2.28. The molecular weight excluding hydrogens is 315 g/mol. The van der Waals surface area contributed by atoms with E-state index < -0.39 is 12.8 Å². The minimum absolute atomic E-state index is 0.211. The largest absolute Gasteiger partial charge is 0.484 e. The summed E-state index contributed by atoms with van der Waals surface area (Å²) in [5, 5.41) is 3.90. The molecule has 0 radical (unpaired) electrons. The first-order chi connectivity index (χ1) is 10.4. The summed E-state index contributed by atoms with van der Waals surface area (Å²) in [6.07, 6.45) is -4.33. The van der Waals surface area contributed by atoms with Crippen molar-refractivity contribution in [1.82, 2.24) is 5.32 Å². The molecule has 0 aromatic heterocycles. The highest BCUT2D eigenvalue weighted by atomic mass is 35.5. The lowest BCUT2D eigenvalue weighted by Gasteiger charge is -2.11. The Balaban J connectivity index is 1.84. The van der Waals surface area contributed by atoms with Gasteiger partial charge in [0, 0.05) is 18.1 Å². The highest BCUT2D eigenvalue weighted by molar-refractivity contribution is 6.30. The van der Waals surface area contributed by atoms with Crippen molar-refractivity contribution in [3.05, 3.63) is 64.7 Å². The molecule has 0 bridgehead atoms. The molecule has 1 N–H and O–H groups in total. The second-order valence-electron chi connectivity index (χ2n) is 4.78. The molecule has 22 heavy (non-hydrogen) atoms. The van der Waals surface area contributed by atoms with Crippen molar-refractivity contribution in [2.45, 2.75) is 19.3 Å². The van der Waals surface area contributed by atoms with Gasteiger partial charge in [0.1, 0.15) is 5.75 Å². The summed E-state index contributed by atoms with van der Waals surface area (Å²) in [5.74, 6) is 0.211. The Morgan fingerprint density at radius 3 is 2.32 bits per heavy atom. The molecule has 2 rings (SSSR count). The lowest BCUT2D eigenvalue weighted by molar-refractivity contribution is -0.153. The van der Waals surface area contributed by atoms with Crippen molar-refractivity contribution in [3.8, 4) is 5.75 Å². The van der Waals surface area contributed by atoms with E-state index in [-0.39, 0.29) is 5.75 Å². The fraction of sp³-hybridized carbons (Fsp3) is 0.250. The van der Waals surface area contributed by atoms with Crippen molar-refractivity contribution in [1.29, 1.82) is 0 Å². The molecule has 0 amide bonds. The summed E-state index contributed by atoms with van der Waals surface area (Å²) >= 11 is 5.81. The number of benzene rings is 2. The average molecular weight is 330 g/mol. The molecule has 0 saturated heterocycles. The second kappa shape index (κ2) is 7.51. The van der Waals surface area contributed by atoms with E-state index in [0.29, 0.717) is 18.1 Å². The zero-order valence-electron chi connectivity index (χ0n) is 11.7. The Labute approximate surface area is 131 Å². The smallest absolute Gasteiger partial charge is 0.422 e. The van der Waals surface area contributed by atoms with Crippen molar-refractivity contribution >= 4 is 11.6 Å². The minimum Gasteiger partial charge on any atom is -0.484 e. The van der Waals surface area contributed by atoms with Crippen molar-refractivity contribution in [2.75, 3.05) is 6.61 Å². The van der Waals surface area contributed by atoms with Gasteiger partial charge in [-0.1, -0.05) is 35.9 Å². The van der Waals surface area contributed by atoms with Crippen LogP contribution in [0.4, 0.5) is 13.2 Å². The van der Waals surface area contributed by atoms with E-state index in [0.717, 1.165) is 11.1 Å². The lowest BCUT2D eigenvalue weighted by atomic mass is 10.2. The summed E-state index contributed by atoms with van der Waals surface area (Å²) in [6.45, 7) is -0.106. The topological polar surface area (TPSA) is 21.3 Å². The quantitative estimate of drug-likeness (QED) is 0.838. The highest BCUT2D eigenvalue weighted by Crippen LogP contribution is 2.19. The van der Waals surface area contributed by atoms with Crippen LogP contribution in [0.3, 0.4) is 0 Å². The van der Waals surface area contributed by atoms with Gasteiger partial charge in [0.05, 0.1) is 0 Å². The van der Waals surface area contributed by atoms with E-state index in [2.05, 4.69) is 5.32 Å². The Morgan fingerprint density at radius 2 is 1.64 bits per heavy atom. The summed E-state index contributed by atoms with van der Waals surface area (Å²) < 4.78 is 41.1. The zero-order chi connectivity index (χ0) is 16.0. The van der Waals surface area contributed by atoms with Crippen LogP contribution in [0, 0.1) is 0 Å². The molecule has 0 aliphatic heterocycles. The summed E-state index contributed by atoms with van der Waals surface area (Å²) in [6, 6.07) is 14.1. The van der Waals surface area contributed by atoms with Crippen LogP contribution in [-0.2, 0) is 13.1 Å². The van der Waals surface area contributed by atoms with E-state index in [9.17, 15) is 13.2 Å². The molecule has 0 fully saturated rings. The van der Waals surface area contributed by atoms with Gasteiger partial charge in [-0.05, 0) is 35.4 Å². The van der Waals surface area contributed by atoms with Gasteiger partial charge in [-0.25, -0.2) is 0 Å². The first kappa shape index (κ1) is 16.6. The van der Waals surface area contributed by atoms with Crippen molar-refractivity contribution < 1.29 is 17.9 Å². The Morgan fingerprint density at radius 1 is 0.955 bits per heavy atom. The van der Waals surface area contributed by atoms with Gasteiger partial charge in [-0.15, -0.1) is 0 Å². The number of ether oxygens (including phenoxy) is 1. The first-order valence-electron chi connectivity index (χ1n) is 6.66. The predicted octanol–water partition coefficient (Wildman–Crippen LogP) is 4.57. The summed E-state index contributed by atoms with van der Waals surface area (Å²) in [4.78, 5) is 0. The number of rotatable bonds is 6. The SMILES string of the molecule is FC(F)(F)COc1cccc(CNCc2ccc(Cl)cc2)c1. The van der Waals surface area contributed by atoms with Gasteiger partial charge < -0.3 is 10.1 Å². The van der Waals surface area contributed by atoms with Crippen LogP contribution < -0.4 is 10.1 Å². The van der Waals surface area contributed by atoms with E-state index in [1.54, 1.807) is 12.1 Å². The van der Waals surface area contributed by atoms with Gasteiger partial charge in [0.2, 0.25) is 0 Å². The molecule has 0 atom stereocenters. The van der Waals surface area contributed by atoms with Crippen LogP contribution in [0.1, 0.15) is 11.1 Å². The monoisotopic (exact) mass is 329 g/mol. The molecule has 0 aliphatic rings. The van der Waals surface area contributed by atoms with Gasteiger partial charge in [0.15, 0.2) is 6.61 Å². The van der Waals surface area contributed by atoms with Crippen LogP contribution in [-0.4, -0.2) is 12.8 Å².